The van der Waals surface area contributed by atoms with Gasteiger partial charge in [0.2, 0.25) is 0 Å². The monoisotopic (exact) mass is 315 g/mol. The summed E-state index contributed by atoms with van der Waals surface area (Å²) in [4.78, 5) is 7.08. The van der Waals surface area contributed by atoms with Crippen molar-refractivity contribution in [3.05, 3.63) is 35.4 Å². The van der Waals surface area contributed by atoms with Crippen molar-refractivity contribution in [2.24, 2.45) is 10.4 Å². The van der Waals surface area contributed by atoms with E-state index in [1.54, 1.807) is 0 Å². The smallest absolute Gasteiger partial charge is 0.194 e. The molecule has 0 amide bonds. The Hall–Kier alpha value is -1.55. The molecule has 126 valence electrons. The number of aryl methyl sites for hydroxylation is 1. The second-order valence-electron chi connectivity index (χ2n) is 7.15. The third-order valence-corrected chi connectivity index (χ3v) is 5.36. The minimum atomic E-state index is -0.537. The number of hydrogen-bond donors (Lipinski definition) is 2. The Labute approximate surface area is 139 Å². The Balaban J connectivity index is 1.63. The highest BCUT2D eigenvalue weighted by atomic mass is 16.3. The van der Waals surface area contributed by atoms with Gasteiger partial charge in [0, 0.05) is 19.6 Å². The molecule has 0 bridgehead atoms. The molecule has 2 fully saturated rings. The second-order valence-corrected chi connectivity index (χ2v) is 7.15. The fourth-order valence-corrected chi connectivity index (χ4v) is 3.69. The fraction of sp³-hybridized carbons (Fsp3) is 0.632. The first-order valence-electron chi connectivity index (χ1n) is 8.90. The zero-order valence-electron chi connectivity index (χ0n) is 14.4. The van der Waals surface area contributed by atoms with Crippen LogP contribution in [0.5, 0.6) is 0 Å². The molecule has 2 N–H and O–H groups in total. The van der Waals surface area contributed by atoms with Gasteiger partial charge < -0.3 is 15.3 Å². The van der Waals surface area contributed by atoms with Gasteiger partial charge in [0.25, 0.3) is 0 Å². The van der Waals surface area contributed by atoms with Crippen LogP contribution in [-0.2, 0) is 0 Å². The highest BCUT2D eigenvalue weighted by molar-refractivity contribution is 5.80. The van der Waals surface area contributed by atoms with Crippen molar-refractivity contribution in [2.45, 2.75) is 45.6 Å². The lowest BCUT2D eigenvalue weighted by molar-refractivity contribution is 0.151. The molecule has 4 nitrogen and oxygen atoms in total. The average molecular weight is 315 g/mol. The topological polar surface area (TPSA) is 47.9 Å². The number of hydrogen-bond acceptors (Lipinski definition) is 2. The molecule has 1 unspecified atom stereocenters. The molecule has 1 saturated carbocycles. The highest BCUT2D eigenvalue weighted by Gasteiger charge is 2.43. The van der Waals surface area contributed by atoms with Crippen LogP contribution in [0.25, 0.3) is 0 Å². The van der Waals surface area contributed by atoms with Crippen molar-refractivity contribution < 1.29 is 5.11 Å². The SMILES string of the molecule is CCNC(=NCC(O)c1ccc(C)cc1)N1CCC2(CCC2)C1. The minimum absolute atomic E-state index is 0.412. The van der Waals surface area contributed by atoms with E-state index in [4.69, 9.17) is 4.99 Å². The first-order valence-corrected chi connectivity index (χ1v) is 8.90. The van der Waals surface area contributed by atoms with E-state index in [9.17, 15) is 5.11 Å². The minimum Gasteiger partial charge on any atom is -0.386 e. The van der Waals surface area contributed by atoms with Gasteiger partial charge in [0.15, 0.2) is 5.96 Å². The van der Waals surface area contributed by atoms with E-state index < -0.39 is 6.10 Å². The first-order chi connectivity index (χ1) is 11.1. The Morgan fingerprint density at radius 2 is 2.04 bits per heavy atom. The summed E-state index contributed by atoms with van der Waals surface area (Å²) in [6, 6.07) is 8.05. The summed E-state index contributed by atoms with van der Waals surface area (Å²) < 4.78 is 0. The summed E-state index contributed by atoms with van der Waals surface area (Å²) >= 11 is 0. The average Bonchev–Trinajstić information content (AvgIpc) is 2.97. The van der Waals surface area contributed by atoms with Crippen molar-refractivity contribution in [3.8, 4) is 0 Å². The molecule has 1 aliphatic carbocycles. The molecule has 1 heterocycles. The normalized spacial score (nSPS) is 21.3. The van der Waals surface area contributed by atoms with Crippen LogP contribution in [0.2, 0.25) is 0 Å². The largest absolute Gasteiger partial charge is 0.386 e. The summed E-state index contributed by atoms with van der Waals surface area (Å²) in [5.74, 6) is 0.961. The quantitative estimate of drug-likeness (QED) is 0.663. The zero-order chi connectivity index (χ0) is 16.3. The van der Waals surface area contributed by atoms with Crippen molar-refractivity contribution in [2.75, 3.05) is 26.2 Å². The van der Waals surface area contributed by atoms with Crippen LogP contribution in [-0.4, -0.2) is 42.1 Å². The number of benzene rings is 1. The van der Waals surface area contributed by atoms with Crippen molar-refractivity contribution in [1.82, 2.24) is 10.2 Å². The van der Waals surface area contributed by atoms with Crippen LogP contribution in [0.15, 0.2) is 29.3 Å². The van der Waals surface area contributed by atoms with Crippen molar-refractivity contribution in [1.29, 1.82) is 0 Å². The maximum absolute atomic E-state index is 10.4. The number of likely N-dealkylation sites (tertiary alicyclic amines) is 1. The molecule has 1 aromatic rings. The van der Waals surface area contributed by atoms with Gasteiger partial charge in [-0.25, -0.2) is 0 Å². The lowest BCUT2D eigenvalue weighted by Gasteiger charge is -2.38. The van der Waals surface area contributed by atoms with Gasteiger partial charge >= 0.3 is 0 Å². The maximum atomic E-state index is 10.4. The Morgan fingerprint density at radius 3 is 2.61 bits per heavy atom. The molecule has 1 aliphatic heterocycles. The van der Waals surface area contributed by atoms with E-state index in [-0.39, 0.29) is 0 Å². The number of guanidine groups is 1. The summed E-state index contributed by atoms with van der Waals surface area (Å²) in [6.45, 7) is 7.64. The van der Waals surface area contributed by atoms with Gasteiger partial charge in [-0.1, -0.05) is 36.2 Å². The van der Waals surface area contributed by atoms with E-state index in [1.807, 2.05) is 24.3 Å². The van der Waals surface area contributed by atoms with Gasteiger partial charge in [-0.05, 0) is 44.1 Å². The first kappa shape index (κ1) is 16.3. The van der Waals surface area contributed by atoms with E-state index in [2.05, 4.69) is 24.1 Å². The molecule has 1 atom stereocenters. The third kappa shape index (κ3) is 3.69. The standard InChI is InChI=1S/C19H29N3O/c1-3-20-18(22-12-11-19(14-22)9-4-10-19)21-13-17(23)16-7-5-15(2)6-8-16/h5-8,17,23H,3-4,9-14H2,1-2H3,(H,20,21). The van der Waals surface area contributed by atoms with Crippen LogP contribution < -0.4 is 5.32 Å². The van der Waals surface area contributed by atoms with E-state index in [1.165, 1.54) is 31.2 Å². The van der Waals surface area contributed by atoms with Gasteiger partial charge in [-0.3, -0.25) is 4.99 Å². The number of nitrogens with one attached hydrogen (secondary N) is 1. The number of nitrogens with zero attached hydrogens (tertiary/aromatic N) is 2. The molecule has 1 saturated heterocycles. The number of aliphatic hydroxyl groups excluding tert-OH is 1. The Morgan fingerprint density at radius 1 is 1.30 bits per heavy atom. The Bertz CT molecular complexity index is 548. The van der Waals surface area contributed by atoms with Gasteiger partial charge in [-0.2, -0.15) is 0 Å². The molecular formula is C19H29N3O. The number of aliphatic hydroxyl groups is 1. The molecular weight excluding hydrogens is 286 g/mol. The summed E-state index contributed by atoms with van der Waals surface area (Å²) in [5.41, 5.74) is 2.71. The van der Waals surface area contributed by atoms with Crippen LogP contribution >= 0.6 is 0 Å². The molecule has 2 aliphatic rings. The predicted octanol–water partition coefficient (Wildman–Crippen LogP) is 2.87. The van der Waals surface area contributed by atoms with Crippen LogP contribution in [0, 0.1) is 12.3 Å². The predicted molar refractivity (Wildman–Crippen MR) is 94.6 cm³/mol. The summed E-state index contributed by atoms with van der Waals surface area (Å²) in [7, 11) is 0. The molecule has 1 aromatic carbocycles. The fourth-order valence-electron chi connectivity index (χ4n) is 3.69. The molecule has 1 spiro atoms. The van der Waals surface area contributed by atoms with Crippen LogP contribution in [0.1, 0.15) is 49.8 Å². The van der Waals surface area contributed by atoms with Crippen molar-refractivity contribution in [3.63, 3.8) is 0 Å². The molecule has 23 heavy (non-hydrogen) atoms. The van der Waals surface area contributed by atoms with E-state index >= 15 is 0 Å². The lowest BCUT2D eigenvalue weighted by atomic mass is 9.68. The summed E-state index contributed by atoms with van der Waals surface area (Å²) in [6.07, 6.45) is 4.87. The van der Waals surface area contributed by atoms with Gasteiger partial charge in [0.1, 0.15) is 0 Å². The zero-order valence-corrected chi connectivity index (χ0v) is 14.4. The van der Waals surface area contributed by atoms with Gasteiger partial charge in [0.05, 0.1) is 12.6 Å². The van der Waals surface area contributed by atoms with E-state index in [0.29, 0.717) is 12.0 Å². The number of aliphatic imine (C=N–C) groups is 1. The molecule has 3 rings (SSSR count). The molecule has 0 aromatic heterocycles. The molecule has 4 heteroatoms. The maximum Gasteiger partial charge on any atom is 0.194 e. The second kappa shape index (κ2) is 6.91. The summed E-state index contributed by atoms with van der Waals surface area (Å²) in [5, 5.41) is 13.8. The number of rotatable bonds is 4. The lowest BCUT2D eigenvalue weighted by Crippen LogP contribution is -2.42. The molecule has 0 radical (unpaired) electrons. The van der Waals surface area contributed by atoms with E-state index in [0.717, 1.165) is 31.2 Å². The van der Waals surface area contributed by atoms with Crippen LogP contribution in [0.3, 0.4) is 0 Å². The Kier molecular flexibility index (Phi) is 4.90. The van der Waals surface area contributed by atoms with Crippen LogP contribution in [0.4, 0.5) is 0 Å². The van der Waals surface area contributed by atoms with Crippen molar-refractivity contribution >= 4 is 5.96 Å². The third-order valence-electron chi connectivity index (χ3n) is 5.36. The highest BCUT2D eigenvalue weighted by Crippen LogP contribution is 2.47. The van der Waals surface area contributed by atoms with Gasteiger partial charge in [-0.15, -0.1) is 0 Å².